The summed E-state index contributed by atoms with van der Waals surface area (Å²) in [6.07, 6.45) is 3.26. The minimum absolute atomic E-state index is 0.182. The van der Waals surface area contributed by atoms with Crippen LogP contribution < -0.4 is 5.32 Å². The maximum atomic E-state index is 12.5. The van der Waals surface area contributed by atoms with Crippen LogP contribution in [0.15, 0.2) is 52.2 Å². The summed E-state index contributed by atoms with van der Waals surface area (Å²) in [5.41, 5.74) is 0.623. The first-order valence-corrected chi connectivity index (χ1v) is 9.96. The highest BCUT2D eigenvalue weighted by molar-refractivity contribution is 7.89. The van der Waals surface area contributed by atoms with Crippen molar-refractivity contribution in [2.24, 2.45) is 0 Å². The van der Waals surface area contributed by atoms with Crippen molar-refractivity contribution < 1.29 is 27.2 Å². The molecule has 2 heterocycles. The minimum atomic E-state index is -3.50. The van der Waals surface area contributed by atoms with Gasteiger partial charge in [0.05, 0.1) is 16.7 Å². The number of sulfonamides is 1. The van der Waals surface area contributed by atoms with Crippen molar-refractivity contribution in [3.8, 4) is 0 Å². The highest BCUT2D eigenvalue weighted by Gasteiger charge is 2.27. The average molecular weight is 392 g/mol. The molecule has 1 amide bonds. The molecule has 3 rings (SSSR count). The van der Waals surface area contributed by atoms with E-state index in [0.29, 0.717) is 18.8 Å². The van der Waals surface area contributed by atoms with Crippen LogP contribution in [0, 0.1) is 0 Å². The van der Waals surface area contributed by atoms with E-state index < -0.39 is 28.0 Å². The second kappa shape index (κ2) is 7.93. The first kappa shape index (κ1) is 19.1. The number of nitrogens with zero attached hydrogens (tertiary/aromatic N) is 1. The number of nitrogens with one attached hydrogen (secondary N) is 1. The third-order valence-electron chi connectivity index (χ3n) is 4.23. The van der Waals surface area contributed by atoms with Crippen molar-refractivity contribution in [3.63, 3.8) is 0 Å². The van der Waals surface area contributed by atoms with E-state index >= 15 is 0 Å². The molecular formula is C18H20N2O6S. The number of benzene rings is 1. The van der Waals surface area contributed by atoms with Gasteiger partial charge in [0.2, 0.25) is 10.0 Å². The van der Waals surface area contributed by atoms with Gasteiger partial charge in [-0.3, -0.25) is 4.79 Å². The summed E-state index contributed by atoms with van der Waals surface area (Å²) >= 11 is 0. The number of amides is 1. The smallest absolute Gasteiger partial charge is 0.342 e. The lowest BCUT2D eigenvalue weighted by molar-refractivity contribution is -0.123. The topological polar surface area (TPSA) is 106 Å². The lowest BCUT2D eigenvalue weighted by atomic mass is 10.3. The van der Waals surface area contributed by atoms with Gasteiger partial charge in [0.1, 0.15) is 6.26 Å². The summed E-state index contributed by atoms with van der Waals surface area (Å²) in [5.74, 6) is -1.19. The lowest BCUT2D eigenvalue weighted by Gasteiger charge is -2.16. The van der Waals surface area contributed by atoms with Gasteiger partial charge in [-0.2, -0.15) is 4.31 Å². The molecule has 27 heavy (non-hydrogen) atoms. The third-order valence-corrected chi connectivity index (χ3v) is 6.15. The van der Waals surface area contributed by atoms with Gasteiger partial charge < -0.3 is 14.5 Å². The fraction of sp³-hybridized carbons (Fsp3) is 0.333. The van der Waals surface area contributed by atoms with E-state index in [1.807, 2.05) is 0 Å². The molecule has 1 N–H and O–H groups in total. The summed E-state index contributed by atoms with van der Waals surface area (Å²) in [6.45, 7) is 2.50. The molecule has 0 saturated carbocycles. The molecular weight excluding hydrogens is 372 g/mol. The Bertz CT molecular complexity index is 900. The summed E-state index contributed by atoms with van der Waals surface area (Å²) in [7, 11) is -3.50. The first-order valence-electron chi connectivity index (χ1n) is 8.52. The van der Waals surface area contributed by atoms with Crippen LogP contribution in [0.25, 0.3) is 0 Å². The van der Waals surface area contributed by atoms with E-state index in [9.17, 15) is 18.0 Å². The quantitative estimate of drug-likeness (QED) is 0.756. The highest BCUT2D eigenvalue weighted by Crippen LogP contribution is 2.22. The molecule has 1 aromatic carbocycles. The molecule has 1 aliphatic rings. The van der Waals surface area contributed by atoms with E-state index in [1.54, 1.807) is 0 Å². The fourth-order valence-corrected chi connectivity index (χ4v) is 4.21. The summed E-state index contributed by atoms with van der Waals surface area (Å²) in [5, 5.41) is 2.59. The van der Waals surface area contributed by atoms with Gasteiger partial charge in [-0.15, -0.1) is 0 Å². The Morgan fingerprint density at radius 1 is 1.15 bits per heavy atom. The Hall–Kier alpha value is -2.65. The van der Waals surface area contributed by atoms with Crippen molar-refractivity contribution in [1.29, 1.82) is 0 Å². The Balaban J connectivity index is 1.60. The van der Waals surface area contributed by atoms with Crippen LogP contribution in [-0.2, 0) is 19.6 Å². The number of furan rings is 1. The van der Waals surface area contributed by atoms with Gasteiger partial charge in [0, 0.05) is 18.8 Å². The number of hydrogen-bond acceptors (Lipinski definition) is 6. The van der Waals surface area contributed by atoms with Crippen molar-refractivity contribution in [3.05, 3.63) is 48.4 Å². The normalized spacial score (nSPS) is 16.0. The largest absolute Gasteiger partial charge is 0.472 e. The van der Waals surface area contributed by atoms with Crippen LogP contribution in [-0.4, -0.2) is 43.8 Å². The molecule has 1 aromatic heterocycles. The molecule has 0 spiro atoms. The summed E-state index contributed by atoms with van der Waals surface area (Å²) in [6, 6.07) is 7.35. The zero-order valence-corrected chi connectivity index (χ0v) is 15.6. The molecule has 0 radical (unpaired) electrons. The standard InChI is InChI=1S/C18H20N2O6S/c1-13(26-18(22)14-8-11-25-12-14)17(21)19-15-4-6-16(7-5-15)27(23,24)20-9-2-3-10-20/h4-8,11-13H,2-3,9-10H2,1H3,(H,19,21). The van der Waals surface area contributed by atoms with E-state index in [-0.39, 0.29) is 10.5 Å². The second-order valence-electron chi connectivity index (χ2n) is 6.18. The molecule has 1 fully saturated rings. The molecule has 1 saturated heterocycles. The number of ether oxygens (including phenoxy) is 1. The molecule has 1 aliphatic heterocycles. The monoisotopic (exact) mass is 392 g/mol. The Kier molecular flexibility index (Phi) is 5.62. The van der Waals surface area contributed by atoms with Crippen LogP contribution in [0.1, 0.15) is 30.1 Å². The van der Waals surface area contributed by atoms with Crippen LogP contribution >= 0.6 is 0 Å². The van der Waals surface area contributed by atoms with Crippen molar-refractivity contribution in [2.75, 3.05) is 18.4 Å². The van der Waals surface area contributed by atoms with Gasteiger partial charge in [-0.05, 0) is 50.1 Å². The van der Waals surface area contributed by atoms with E-state index in [4.69, 9.17) is 9.15 Å². The lowest BCUT2D eigenvalue weighted by Crippen LogP contribution is -2.30. The van der Waals surface area contributed by atoms with Crippen molar-refractivity contribution in [1.82, 2.24) is 4.31 Å². The van der Waals surface area contributed by atoms with Gasteiger partial charge in [0.25, 0.3) is 5.91 Å². The van der Waals surface area contributed by atoms with Crippen LogP contribution in [0.2, 0.25) is 0 Å². The Morgan fingerprint density at radius 2 is 1.81 bits per heavy atom. The zero-order chi connectivity index (χ0) is 19.4. The number of carbonyl (C=O) groups is 2. The molecule has 2 aromatic rings. The predicted molar refractivity (Wildman–Crippen MR) is 96.7 cm³/mol. The van der Waals surface area contributed by atoms with Gasteiger partial charge in [-0.25, -0.2) is 13.2 Å². The van der Waals surface area contributed by atoms with Crippen molar-refractivity contribution in [2.45, 2.75) is 30.8 Å². The van der Waals surface area contributed by atoms with Gasteiger partial charge >= 0.3 is 5.97 Å². The molecule has 144 valence electrons. The van der Waals surface area contributed by atoms with Crippen LogP contribution in [0.3, 0.4) is 0 Å². The molecule has 8 nitrogen and oxygen atoms in total. The zero-order valence-electron chi connectivity index (χ0n) is 14.8. The molecule has 1 atom stereocenters. The van der Waals surface area contributed by atoms with Gasteiger partial charge in [-0.1, -0.05) is 0 Å². The number of anilines is 1. The van der Waals surface area contributed by atoms with Gasteiger partial charge in [0.15, 0.2) is 6.10 Å². The first-order chi connectivity index (χ1) is 12.9. The predicted octanol–water partition coefficient (Wildman–Crippen LogP) is 2.25. The number of esters is 1. The Labute approximate surface area is 157 Å². The van der Waals surface area contributed by atoms with E-state index in [2.05, 4.69) is 5.32 Å². The molecule has 0 bridgehead atoms. The van der Waals surface area contributed by atoms with Crippen LogP contribution in [0.5, 0.6) is 0 Å². The average Bonchev–Trinajstić information content (AvgIpc) is 3.36. The van der Waals surface area contributed by atoms with E-state index in [1.165, 1.54) is 54.1 Å². The minimum Gasteiger partial charge on any atom is -0.472 e. The number of hydrogen-bond donors (Lipinski definition) is 1. The number of carbonyl (C=O) groups excluding carboxylic acids is 2. The number of rotatable bonds is 6. The molecule has 9 heteroatoms. The van der Waals surface area contributed by atoms with Crippen molar-refractivity contribution >= 4 is 27.6 Å². The highest BCUT2D eigenvalue weighted by atomic mass is 32.2. The maximum absolute atomic E-state index is 12.5. The molecule has 0 aliphatic carbocycles. The Morgan fingerprint density at radius 3 is 2.41 bits per heavy atom. The summed E-state index contributed by atoms with van der Waals surface area (Å²) in [4.78, 5) is 24.2. The second-order valence-corrected chi connectivity index (χ2v) is 8.12. The van der Waals surface area contributed by atoms with E-state index in [0.717, 1.165) is 12.8 Å². The maximum Gasteiger partial charge on any atom is 0.342 e. The fourth-order valence-electron chi connectivity index (χ4n) is 2.69. The molecule has 1 unspecified atom stereocenters. The summed E-state index contributed by atoms with van der Waals surface area (Å²) < 4.78 is 36.3. The third kappa shape index (κ3) is 4.37. The SMILES string of the molecule is CC(OC(=O)c1ccoc1)C(=O)Nc1ccc(S(=O)(=O)N2CCCC2)cc1. The van der Waals surface area contributed by atoms with Crippen LogP contribution in [0.4, 0.5) is 5.69 Å².